The van der Waals surface area contributed by atoms with E-state index in [1.54, 1.807) is 0 Å². The topological polar surface area (TPSA) is 104 Å². The fraction of sp³-hybridized carbons (Fsp3) is 0.947. The third kappa shape index (κ3) is 25.1. The lowest BCUT2D eigenvalue weighted by Crippen LogP contribution is -2.14. The molecule has 9 heteroatoms. The zero-order valence-electron chi connectivity index (χ0n) is 17.1. The van der Waals surface area contributed by atoms with Crippen molar-refractivity contribution in [2.45, 2.75) is 32.1 Å². The number of azide groups is 1. The summed E-state index contributed by atoms with van der Waals surface area (Å²) in [5.74, 6) is 0. The van der Waals surface area contributed by atoms with Gasteiger partial charge in [0.2, 0.25) is 0 Å². The Hall–Kier alpha value is -0.930. The number of hydrogen-bond donors (Lipinski definition) is 0. The van der Waals surface area contributed by atoms with Gasteiger partial charge in [0.1, 0.15) is 0 Å². The standard InChI is InChI=1S/C19H37N3O6/c1-2-3-8-23-10-12-25-14-16-27-18-19-28-17-15-26-13-11-24-9-6-4-5-7-21-22-20/h1H,2-19H2. The molecule has 0 spiro atoms. The van der Waals surface area contributed by atoms with Crippen molar-refractivity contribution in [2.24, 2.45) is 5.11 Å². The Morgan fingerprint density at radius 3 is 1.32 bits per heavy atom. The van der Waals surface area contributed by atoms with Gasteiger partial charge >= 0.3 is 0 Å². The predicted molar refractivity (Wildman–Crippen MR) is 106 cm³/mol. The van der Waals surface area contributed by atoms with Crippen LogP contribution in [0.15, 0.2) is 5.11 Å². The largest absolute Gasteiger partial charge is 0.379 e. The Bertz CT molecular complexity index is 344. The number of nitrogens with zero attached hydrogens (tertiary/aromatic N) is 3. The second-order valence-electron chi connectivity index (χ2n) is 5.83. The van der Waals surface area contributed by atoms with Gasteiger partial charge < -0.3 is 28.4 Å². The first-order valence-electron chi connectivity index (χ1n) is 10.1. The fourth-order valence-corrected chi connectivity index (χ4v) is 2.00. The van der Waals surface area contributed by atoms with E-state index in [0.29, 0.717) is 92.2 Å². The van der Waals surface area contributed by atoms with Crippen LogP contribution in [0.25, 0.3) is 10.4 Å². The van der Waals surface area contributed by atoms with Crippen molar-refractivity contribution in [3.8, 4) is 0 Å². The van der Waals surface area contributed by atoms with E-state index in [1.165, 1.54) is 0 Å². The van der Waals surface area contributed by atoms with Gasteiger partial charge in [-0.1, -0.05) is 11.5 Å². The van der Waals surface area contributed by atoms with Gasteiger partial charge in [-0.3, -0.25) is 0 Å². The SMILES string of the molecule is [CH]CCCOCCOCCOCCOCCOCCOCCCCCN=[N+]=[N-]. The van der Waals surface area contributed by atoms with Crippen LogP contribution in [-0.4, -0.2) is 85.8 Å². The fourth-order valence-electron chi connectivity index (χ4n) is 2.00. The first-order chi connectivity index (χ1) is 13.9. The zero-order chi connectivity index (χ0) is 20.4. The minimum absolute atomic E-state index is 0.540. The van der Waals surface area contributed by atoms with Crippen molar-refractivity contribution in [2.75, 3.05) is 85.8 Å². The Labute approximate surface area is 169 Å². The van der Waals surface area contributed by atoms with Crippen LogP contribution in [-0.2, 0) is 28.4 Å². The van der Waals surface area contributed by atoms with Gasteiger partial charge in [0.05, 0.1) is 66.1 Å². The highest BCUT2D eigenvalue weighted by molar-refractivity contribution is 4.48. The third-order valence-electron chi connectivity index (χ3n) is 3.46. The number of ether oxygens (including phenoxy) is 6. The van der Waals surface area contributed by atoms with Gasteiger partial charge in [0, 0.05) is 24.7 Å². The highest BCUT2D eigenvalue weighted by Crippen LogP contribution is 1.96. The molecule has 0 aliphatic heterocycles. The maximum atomic E-state index is 8.14. The molecule has 164 valence electrons. The van der Waals surface area contributed by atoms with E-state index >= 15 is 0 Å². The molecule has 0 fully saturated rings. The normalized spacial score (nSPS) is 10.9. The molecular weight excluding hydrogens is 366 g/mol. The van der Waals surface area contributed by atoms with E-state index in [1.807, 2.05) is 0 Å². The molecule has 0 amide bonds. The maximum absolute atomic E-state index is 8.14. The first kappa shape index (κ1) is 27.1. The molecule has 0 aliphatic rings. The summed E-state index contributed by atoms with van der Waals surface area (Å²) in [4.78, 5) is 2.71. The number of hydrogen-bond acceptors (Lipinski definition) is 7. The summed E-state index contributed by atoms with van der Waals surface area (Å²) in [5, 5.41) is 3.48. The van der Waals surface area contributed by atoms with Crippen LogP contribution in [0.2, 0.25) is 0 Å². The summed E-state index contributed by atoms with van der Waals surface area (Å²) >= 11 is 0. The summed E-state index contributed by atoms with van der Waals surface area (Å²) in [6, 6.07) is 0. The zero-order valence-corrected chi connectivity index (χ0v) is 17.1. The smallest absolute Gasteiger partial charge is 0.0701 e. The van der Waals surface area contributed by atoms with Crippen LogP contribution in [0, 0.1) is 6.92 Å². The van der Waals surface area contributed by atoms with Gasteiger partial charge in [0.15, 0.2) is 0 Å². The van der Waals surface area contributed by atoms with Crippen LogP contribution in [0.5, 0.6) is 0 Å². The summed E-state index contributed by atoms with van der Waals surface area (Å²) < 4.78 is 32.4. The van der Waals surface area contributed by atoms with Crippen molar-refractivity contribution in [3.05, 3.63) is 17.4 Å². The van der Waals surface area contributed by atoms with Gasteiger partial charge in [-0.05, 0) is 38.1 Å². The van der Waals surface area contributed by atoms with Gasteiger partial charge in [-0.2, -0.15) is 0 Å². The van der Waals surface area contributed by atoms with E-state index in [-0.39, 0.29) is 0 Å². The molecule has 0 aromatic carbocycles. The van der Waals surface area contributed by atoms with Crippen LogP contribution in [0.1, 0.15) is 32.1 Å². The van der Waals surface area contributed by atoms with Gasteiger partial charge in [0.25, 0.3) is 0 Å². The van der Waals surface area contributed by atoms with E-state index in [0.717, 1.165) is 25.7 Å². The number of rotatable bonds is 24. The second-order valence-corrected chi connectivity index (χ2v) is 5.83. The van der Waals surface area contributed by atoms with Crippen LogP contribution >= 0.6 is 0 Å². The van der Waals surface area contributed by atoms with Crippen molar-refractivity contribution >= 4 is 0 Å². The summed E-state index contributed by atoms with van der Waals surface area (Å²) in [7, 11) is 0. The molecule has 2 radical (unpaired) electrons. The Kier molecular flexibility index (Phi) is 25.2. The Morgan fingerprint density at radius 1 is 0.536 bits per heavy atom. The van der Waals surface area contributed by atoms with E-state index in [9.17, 15) is 0 Å². The van der Waals surface area contributed by atoms with Gasteiger partial charge in [-0.15, -0.1) is 0 Å². The van der Waals surface area contributed by atoms with E-state index in [2.05, 4.69) is 10.0 Å². The quantitative estimate of drug-likeness (QED) is 0.106. The van der Waals surface area contributed by atoms with Crippen LogP contribution < -0.4 is 0 Å². The molecule has 0 saturated heterocycles. The lowest BCUT2D eigenvalue weighted by molar-refractivity contribution is -0.0169. The van der Waals surface area contributed by atoms with Crippen LogP contribution in [0.4, 0.5) is 0 Å². The molecule has 0 saturated carbocycles. The molecule has 0 atom stereocenters. The van der Waals surface area contributed by atoms with Crippen LogP contribution in [0.3, 0.4) is 0 Å². The van der Waals surface area contributed by atoms with Crippen molar-refractivity contribution in [1.82, 2.24) is 0 Å². The molecular formula is C19H37N3O6. The summed E-state index contributed by atoms with van der Waals surface area (Å²) in [6.45, 7) is 12.9. The molecule has 9 nitrogen and oxygen atoms in total. The first-order valence-corrected chi connectivity index (χ1v) is 10.1. The summed E-state index contributed by atoms with van der Waals surface area (Å²) in [5.41, 5.74) is 8.14. The Balaban J connectivity index is 2.98. The lowest BCUT2D eigenvalue weighted by Gasteiger charge is -2.08. The third-order valence-corrected chi connectivity index (χ3v) is 3.46. The van der Waals surface area contributed by atoms with E-state index < -0.39 is 0 Å². The monoisotopic (exact) mass is 403 g/mol. The lowest BCUT2D eigenvalue weighted by atomic mass is 10.2. The molecule has 0 unspecified atom stereocenters. The maximum Gasteiger partial charge on any atom is 0.0701 e. The molecule has 0 bridgehead atoms. The predicted octanol–water partition coefficient (Wildman–Crippen LogP) is 3.06. The molecule has 28 heavy (non-hydrogen) atoms. The van der Waals surface area contributed by atoms with E-state index in [4.69, 9.17) is 40.9 Å². The molecule has 0 aromatic heterocycles. The molecule has 0 N–H and O–H groups in total. The van der Waals surface area contributed by atoms with Crippen molar-refractivity contribution < 1.29 is 28.4 Å². The number of unbranched alkanes of at least 4 members (excludes halogenated alkanes) is 3. The van der Waals surface area contributed by atoms with Crippen molar-refractivity contribution in [3.63, 3.8) is 0 Å². The molecule has 0 heterocycles. The average Bonchev–Trinajstić information content (AvgIpc) is 2.71. The average molecular weight is 404 g/mol. The molecule has 0 rings (SSSR count). The van der Waals surface area contributed by atoms with Gasteiger partial charge in [-0.25, -0.2) is 0 Å². The second kappa shape index (κ2) is 26.1. The molecule has 0 aromatic rings. The minimum Gasteiger partial charge on any atom is -0.379 e. The highest BCUT2D eigenvalue weighted by Gasteiger charge is 1.94. The highest BCUT2D eigenvalue weighted by atomic mass is 16.6. The minimum atomic E-state index is 0.540. The molecule has 0 aliphatic carbocycles. The summed E-state index contributed by atoms with van der Waals surface area (Å²) in [6.07, 6.45) is 4.41. The van der Waals surface area contributed by atoms with Crippen molar-refractivity contribution in [1.29, 1.82) is 0 Å². The Morgan fingerprint density at radius 2 is 0.929 bits per heavy atom.